The van der Waals surface area contributed by atoms with Crippen molar-refractivity contribution in [3.05, 3.63) is 24.3 Å². The van der Waals surface area contributed by atoms with Crippen molar-refractivity contribution in [2.45, 2.75) is 19.4 Å². The molecule has 2 atom stereocenters. The number of hydrogen-bond donors (Lipinski definition) is 1. The van der Waals surface area contributed by atoms with Crippen LogP contribution < -0.4 is 15.2 Å². The molecule has 1 aromatic carbocycles. The van der Waals surface area contributed by atoms with E-state index in [0.29, 0.717) is 24.0 Å². The maximum atomic E-state index is 12.2. The molecule has 1 aliphatic heterocycles. The smallest absolute Gasteiger partial charge is 0.260 e. The zero-order chi connectivity index (χ0) is 14.5. The average Bonchev–Trinajstić information content (AvgIpc) is 2.86. The maximum Gasteiger partial charge on any atom is 0.260 e. The van der Waals surface area contributed by atoms with E-state index in [-0.39, 0.29) is 31.0 Å². The van der Waals surface area contributed by atoms with Crippen LogP contribution in [0.5, 0.6) is 11.5 Å². The Morgan fingerprint density at radius 3 is 2.62 bits per heavy atom. The Bertz CT molecular complexity index is 470. The lowest BCUT2D eigenvalue weighted by Gasteiger charge is -2.21. The number of benzene rings is 1. The van der Waals surface area contributed by atoms with Crippen molar-refractivity contribution in [2.75, 3.05) is 26.8 Å². The topological polar surface area (TPSA) is 64.8 Å². The third-order valence-electron chi connectivity index (χ3n) is 3.74. The molecule has 21 heavy (non-hydrogen) atoms. The Morgan fingerprint density at radius 1 is 1.38 bits per heavy atom. The van der Waals surface area contributed by atoms with E-state index in [9.17, 15) is 4.79 Å². The number of hydrogen-bond acceptors (Lipinski definition) is 4. The molecule has 0 spiro atoms. The third-order valence-corrected chi connectivity index (χ3v) is 3.74. The summed E-state index contributed by atoms with van der Waals surface area (Å²) in [6.45, 7) is 3.44. The van der Waals surface area contributed by atoms with Gasteiger partial charge in [0.1, 0.15) is 0 Å². The van der Waals surface area contributed by atoms with Gasteiger partial charge < -0.3 is 20.1 Å². The van der Waals surface area contributed by atoms with Gasteiger partial charge in [0, 0.05) is 12.6 Å². The van der Waals surface area contributed by atoms with Crippen LogP contribution in [0.4, 0.5) is 0 Å². The van der Waals surface area contributed by atoms with Crippen LogP contribution in [0.25, 0.3) is 0 Å². The molecule has 1 aliphatic rings. The molecule has 6 heteroatoms. The largest absolute Gasteiger partial charge is 0.493 e. The second-order valence-corrected chi connectivity index (χ2v) is 5.17. The molecule has 1 fully saturated rings. The molecule has 0 aromatic heterocycles. The number of likely N-dealkylation sites (tertiary alicyclic amines) is 1. The second kappa shape index (κ2) is 8.10. The number of halogens is 1. The first-order chi connectivity index (χ1) is 9.65. The molecular weight excluding hydrogens is 292 g/mol. The van der Waals surface area contributed by atoms with E-state index in [1.54, 1.807) is 13.2 Å². The fraction of sp³-hybridized carbons (Fsp3) is 0.533. The van der Waals surface area contributed by atoms with Gasteiger partial charge in [-0.2, -0.15) is 0 Å². The van der Waals surface area contributed by atoms with Crippen LogP contribution in [0.3, 0.4) is 0 Å². The molecule has 5 nitrogen and oxygen atoms in total. The van der Waals surface area contributed by atoms with Crippen molar-refractivity contribution in [3.8, 4) is 11.5 Å². The van der Waals surface area contributed by atoms with Gasteiger partial charge in [-0.05, 0) is 37.9 Å². The Morgan fingerprint density at radius 2 is 2.05 bits per heavy atom. The van der Waals surface area contributed by atoms with Gasteiger partial charge >= 0.3 is 0 Å². The number of carbonyl (C=O) groups excluding carboxylic acids is 1. The molecule has 1 aromatic rings. The molecule has 118 valence electrons. The highest BCUT2D eigenvalue weighted by molar-refractivity contribution is 5.85. The van der Waals surface area contributed by atoms with Crippen LogP contribution in [0.1, 0.15) is 13.3 Å². The lowest BCUT2D eigenvalue weighted by atomic mass is 10.1. The predicted molar refractivity (Wildman–Crippen MR) is 84.1 cm³/mol. The van der Waals surface area contributed by atoms with Gasteiger partial charge in [-0.3, -0.25) is 4.79 Å². The van der Waals surface area contributed by atoms with Crippen LogP contribution in [0, 0.1) is 5.92 Å². The summed E-state index contributed by atoms with van der Waals surface area (Å²) in [5.74, 6) is 1.62. The Balaban J connectivity index is 0.00000220. The summed E-state index contributed by atoms with van der Waals surface area (Å²) in [5, 5.41) is 0. The zero-order valence-corrected chi connectivity index (χ0v) is 13.3. The molecule has 1 saturated heterocycles. The molecule has 2 N–H and O–H groups in total. The van der Waals surface area contributed by atoms with Gasteiger partial charge in [-0.1, -0.05) is 12.1 Å². The number of rotatable bonds is 5. The summed E-state index contributed by atoms with van der Waals surface area (Å²) in [4.78, 5) is 14.1. The van der Waals surface area contributed by atoms with Gasteiger partial charge in [0.15, 0.2) is 18.1 Å². The van der Waals surface area contributed by atoms with Crippen LogP contribution in [0.15, 0.2) is 24.3 Å². The molecule has 2 rings (SSSR count). The first kappa shape index (κ1) is 17.6. The van der Waals surface area contributed by atoms with Crippen molar-refractivity contribution < 1.29 is 14.3 Å². The number of ether oxygens (including phenoxy) is 2. The van der Waals surface area contributed by atoms with E-state index in [2.05, 4.69) is 6.92 Å². The lowest BCUT2D eigenvalue weighted by molar-refractivity contribution is -0.134. The van der Waals surface area contributed by atoms with E-state index in [4.69, 9.17) is 15.2 Å². The number of carbonyl (C=O) groups is 1. The zero-order valence-electron chi connectivity index (χ0n) is 12.5. The fourth-order valence-corrected chi connectivity index (χ4v) is 2.62. The van der Waals surface area contributed by atoms with E-state index in [0.717, 1.165) is 13.0 Å². The minimum atomic E-state index is -0.000596. The number of nitrogens with zero attached hydrogens (tertiary/aromatic N) is 1. The SMILES string of the molecule is COc1ccccc1OCC(=O)N1CC(CN)CC1C.Cl. The van der Waals surface area contributed by atoms with Gasteiger partial charge in [0.25, 0.3) is 5.91 Å². The van der Waals surface area contributed by atoms with E-state index in [1.165, 1.54) is 0 Å². The average molecular weight is 315 g/mol. The minimum absolute atomic E-state index is 0. The molecule has 2 unspecified atom stereocenters. The Hall–Kier alpha value is -1.46. The van der Waals surface area contributed by atoms with Crippen molar-refractivity contribution in [3.63, 3.8) is 0 Å². The van der Waals surface area contributed by atoms with Crippen molar-refractivity contribution in [2.24, 2.45) is 11.7 Å². The summed E-state index contributed by atoms with van der Waals surface area (Å²) >= 11 is 0. The highest BCUT2D eigenvalue weighted by Crippen LogP contribution is 2.26. The van der Waals surface area contributed by atoms with Crippen molar-refractivity contribution in [1.29, 1.82) is 0 Å². The van der Waals surface area contributed by atoms with Crippen LogP contribution in [-0.2, 0) is 4.79 Å². The summed E-state index contributed by atoms with van der Waals surface area (Å²) < 4.78 is 10.8. The van der Waals surface area contributed by atoms with E-state index >= 15 is 0 Å². The highest BCUT2D eigenvalue weighted by atomic mass is 35.5. The summed E-state index contributed by atoms with van der Waals surface area (Å²) in [7, 11) is 1.58. The van der Waals surface area contributed by atoms with Gasteiger partial charge in [0.2, 0.25) is 0 Å². The van der Waals surface area contributed by atoms with Gasteiger partial charge in [0.05, 0.1) is 7.11 Å². The molecule has 0 radical (unpaired) electrons. The van der Waals surface area contributed by atoms with Crippen molar-refractivity contribution in [1.82, 2.24) is 4.90 Å². The first-order valence-electron chi connectivity index (χ1n) is 6.91. The molecule has 0 bridgehead atoms. The minimum Gasteiger partial charge on any atom is -0.493 e. The standard InChI is InChI=1S/C15H22N2O3.ClH/c1-11-7-12(8-16)9-17(11)15(18)10-20-14-6-4-3-5-13(14)19-2;/h3-6,11-12H,7-10,16H2,1-2H3;1H. The fourth-order valence-electron chi connectivity index (χ4n) is 2.62. The van der Waals surface area contributed by atoms with E-state index < -0.39 is 0 Å². The normalized spacial score (nSPS) is 20.8. The third kappa shape index (κ3) is 4.25. The maximum absolute atomic E-state index is 12.2. The predicted octanol–water partition coefficient (Wildman–Crippen LogP) is 1.69. The first-order valence-corrected chi connectivity index (χ1v) is 6.91. The van der Waals surface area contributed by atoms with Crippen LogP contribution in [0.2, 0.25) is 0 Å². The summed E-state index contributed by atoms with van der Waals surface area (Å²) in [6.07, 6.45) is 0.969. The lowest BCUT2D eigenvalue weighted by Crippen LogP contribution is -2.37. The van der Waals surface area contributed by atoms with E-state index in [1.807, 2.05) is 23.1 Å². The van der Waals surface area contributed by atoms with Crippen LogP contribution >= 0.6 is 12.4 Å². The molecule has 0 aliphatic carbocycles. The molecular formula is C15H23ClN2O3. The molecule has 0 saturated carbocycles. The monoisotopic (exact) mass is 314 g/mol. The second-order valence-electron chi connectivity index (χ2n) is 5.17. The molecule has 1 heterocycles. The Kier molecular flexibility index (Phi) is 6.78. The van der Waals surface area contributed by atoms with Crippen molar-refractivity contribution >= 4 is 18.3 Å². The number of para-hydroxylation sites is 2. The molecule has 1 amide bonds. The summed E-state index contributed by atoms with van der Waals surface area (Å²) in [6, 6.07) is 7.55. The Labute approximate surface area is 131 Å². The summed E-state index contributed by atoms with van der Waals surface area (Å²) in [5.41, 5.74) is 5.68. The van der Waals surface area contributed by atoms with Gasteiger partial charge in [-0.25, -0.2) is 0 Å². The number of nitrogens with two attached hydrogens (primary N) is 1. The van der Waals surface area contributed by atoms with Gasteiger partial charge in [-0.15, -0.1) is 12.4 Å². The number of methoxy groups -OCH3 is 1. The van der Waals surface area contributed by atoms with Crippen LogP contribution in [-0.4, -0.2) is 43.7 Å². The quantitative estimate of drug-likeness (QED) is 0.898. The number of amides is 1. The highest BCUT2D eigenvalue weighted by Gasteiger charge is 2.31.